The van der Waals surface area contributed by atoms with E-state index in [4.69, 9.17) is 0 Å². The zero-order valence-electron chi connectivity index (χ0n) is 12.5. The lowest BCUT2D eigenvalue weighted by atomic mass is 10.2. The molecule has 20 heavy (non-hydrogen) atoms. The molecule has 1 amide bonds. The van der Waals surface area contributed by atoms with Crippen molar-refractivity contribution in [3.8, 4) is 5.69 Å². The maximum absolute atomic E-state index is 12.1. The van der Waals surface area contributed by atoms with Crippen LogP contribution in [-0.2, 0) is 0 Å². The second-order valence-corrected chi connectivity index (χ2v) is 5.20. The smallest absolute Gasteiger partial charge is 0.272 e. The topological polar surface area (TPSA) is 46.9 Å². The van der Waals surface area contributed by atoms with Crippen molar-refractivity contribution in [3.05, 3.63) is 47.3 Å². The highest BCUT2D eigenvalue weighted by Gasteiger charge is 2.14. The van der Waals surface area contributed by atoms with Gasteiger partial charge < -0.3 is 5.32 Å². The Labute approximate surface area is 119 Å². The van der Waals surface area contributed by atoms with Gasteiger partial charge in [0, 0.05) is 11.7 Å². The summed E-state index contributed by atoms with van der Waals surface area (Å²) < 4.78 is 1.80. The molecule has 106 valence electrons. The van der Waals surface area contributed by atoms with Gasteiger partial charge in [-0.25, -0.2) is 4.68 Å². The van der Waals surface area contributed by atoms with Crippen LogP contribution in [0.2, 0.25) is 0 Å². The number of benzene rings is 1. The van der Waals surface area contributed by atoms with Gasteiger partial charge in [0.15, 0.2) is 5.69 Å². The fourth-order valence-corrected chi connectivity index (χ4v) is 1.93. The third kappa shape index (κ3) is 3.07. The Kier molecular flexibility index (Phi) is 4.23. The van der Waals surface area contributed by atoms with Gasteiger partial charge in [-0.3, -0.25) is 4.79 Å². The first-order chi connectivity index (χ1) is 9.51. The fraction of sp³-hybridized carbons (Fsp3) is 0.375. The highest BCUT2D eigenvalue weighted by molar-refractivity contribution is 5.92. The molecule has 1 heterocycles. The van der Waals surface area contributed by atoms with Crippen molar-refractivity contribution < 1.29 is 4.79 Å². The Morgan fingerprint density at radius 2 is 1.95 bits per heavy atom. The number of carbonyl (C=O) groups excluding carboxylic acids is 1. The molecule has 0 radical (unpaired) electrons. The van der Waals surface area contributed by atoms with Crippen LogP contribution in [0.15, 0.2) is 30.3 Å². The first-order valence-electron chi connectivity index (χ1n) is 6.96. The summed E-state index contributed by atoms with van der Waals surface area (Å²) in [5, 5.41) is 7.33. The monoisotopic (exact) mass is 271 g/mol. The van der Waals surface area contributed by atoms with Crippen molar-refractivity contribution >= 4 is 5.91 Å². The maximum Gasteiger partial charge on any atom is 0.272 e. The lowest BCUT2D eigenvalue weighted by Crippen LogP contribution is -2.32. The molecule has 0 aliphatic heterocycles. The normalized spacial score (nSPS) is 12.2. The molecule has 1 unspecified atom stereocenters. The van der Waals surface area contributed by atoms with Crippen LogP contribution in [0, 0.1) is 13.8 Å². The standard InChI is InChI=1S/C16H21N3O/c1-5-12(3)17-16(20)15-10-13(4)19(18-15)14-8-6-11(2)7-9-14/h6-10,12H,5H2,1-4H3,(H,17,20). The lowest BCUT2D eigenvalue weighted by Gasteiger charge is -2.09. The first-order valence-corrected chi connectivity index (χ1v) is 6.96. The van der Waals surface area contributed by atoms with Crippen LogP contribution in [0.4, 0.5) is 0 Å². The molecule has 0 aliphatic carbocycles. The molecular weight excluding hydrogens is 250 g/mol. The summed E-state index contributed by atoms with van der Waals surface area (Å²) >= 11 is 0. The SMILES string of the molecule is CCC(C)NC(=O)c1cc(C)n(-c2ccc(C)cc2)n1. The molecule has 1 aromatic heterocycles. The molecule has 2 rings (SSSR count). The van der Waals surface area contributed by atoms with Crippen molar-refractivity contribution in [1.29, 1.82) is 0 Å². The highest BCUT2D eigenvalue weighted by atomic mass is 16.2. The van der Waals surface area contributed by atoms with Gasteiger partial charge in [-0.05, 0) is 45.4 Å². The maximum atomic E-state index is 12.1. The number of nitrogens with zero attached hydrogens (tertiary/aromatic N) is 2. The number of amides is 1. The van der Waals surface area contributed by atoms with Gasteiger partial charge in [-0.15, -0.1) is 0 Å². The van der Waals surface area contributed by atoms with Crippen molar-refractivity contribution in [3.63, 3.8) is 0 Å². The van der Waals surface area contributed by atoms with Crippen LogP contribution in [0.1, 0.15) is 42.0 Å². The quantitative estimate of drug-likeness (QED) is 0.929. The van der Waals surface area contributed by atoms with E-state index in [1.54, 1.807) is 4.68 Å². The van der Waals surface area contributed by atoms with E-state index in [2.05, 4.69) is 10.4 Å². The van der Waals surface area contributed by atoms with Crippen LogP contribution >= 0.6 is 0 Å². The van der Waals surface area contributed by atoms with Crippen molar-refractivity contribution in [2.24, 2.45) is 0 Å². The molecule has 0 spiro atoms. The molecule has 1 N–H and O–H groups in total. The lowest BCUT2D eigenvalue weighted by molar-refractivity contribution is 0.0934. The zero-order valence-corrected chi connectivity index (χ0v) is 12.5. The van der Waals surface area contributed by atoms with Crippen LogP contribution in [-0.4, -0.2) is 21.7 Å². The third-order valence-corrected chi connectivity index (χ3v) is 3.39. The van der Waals surface area contributed by atoms with Gasteiger partial charge in [-0.2, -0.15) is 5.10 Å². The number of carbonyl (C=O) groups is 1. The summed E-state index contributed by atoms with van der Waals surface area (Å²) in [6.07, 6.45) is 0.906. The van der Waals surface area contributed by atoms with Gasteiger partial charge in [0.25, 0.3) is 5.91 Å². The summed E-state index contributed by atoms with van der Waals surface area (Å²) in [5.74, 6) is -0.117. The molecule has 0 saturated heterocycles. The Morgan fingerprint density at radius 3 is 2.55 bits per heavy atom. The minimum atomic E-state index is -0.117. The minimum Gasteiger partial charge on any atom is -0.348 e. The third-order valence-electron chi connectivity index (χ3n) is 3.39. The summed E-state index contributed by atoms with van der Waals surface area (Å²) in [6, 6.07) is 10.1. The van der Waals surface area contributed by atoms with Crippen LogP contribution < -0.4 is 5.32 Å². The number of rotatable bonds is 4. The Hall–Kier alpha value is -2.10. The molecule has 0 saturated carbocycles. The van der Waals surface area contributed by atoms with Gasteiger partial charge in [0.1, 0.15) is 0 Å². The number of aromatic nitrogens is 2. The molecule has 4 heteroatoms. The number of hydrogen-bond acceptors (Lipinski definition) is 2. The van der Waals surface area contributed by atoms with Crippen LogP contribution in [0.3, 0.4) is 0 Å². The molecule has 0 bridgehead atoms. The summed E-state index contributed by atoms with van der Waals surface area (Å²) in [6.45, 7) is 8.03. The van der Waals surface area contributed by atoms with E-state index in [1.165, 1.54) is 5.56 Å². The van der Waals surface area contributed by atoms with E-state index < -0.39 is 0 Å². The van der Waals surface area contributed by atoms with Gasteiger partial charge in [-0.1, -0.05) is 24.6 Å². The molecule has 0 fully saturated rings. The predicted molar refractivity (Wildman–Crippen MR) is 80.3 cm³/mol. The minimum absolute atomic E-state index is 0.117. The molecular formula is C16H21N3O. The Morgan fingerprint density at radius 1 is 1.30 bits per heavy atom. The summed E-state index contributed by atoms with van der Waals surface area (Å²) in [5.41, 5.74) is 3.58. The second kappa shape index (κ2) is 5.90. The molecule has 4 nitrogen and oxygen atoms in total. The average Bonchev–Trinajstić information content (AvgIpc) is 2.81. The van der Waals surface area contributed by atoms with E-state index in [1.807, 2.05) is 58.0 Å². The van der Waals surface area contributed by atoms with E-state index in [-0.39, 0.29) is 11.9 Å². The van der Waals surface area contributed by atoms with E-state index >= 15 is 0 Å². The number of nitrogens with one attached hydrogen (secondary N) is 1. The summed E-state index contributed by atoms with van der Waals surface area (Å²) in [4.78, 5) is 12.1. The zero-order chi connectivity index (χ0) is 14.7. The first kappa shape index (κ1) is 14.3. The number of hydrogen-bond donors (Lipinski definition) is 1. The molecule has 1 aromatic carbocycles. The number of aryl methyl sites for hydroxylation is 2. The van der Waals surface area contributed by atoms with E-state index in [0.29, 0.717) is 5.69 Å². The van der Waals surface area contributed by atoms with Crippen LogP contribution in [0.25, 0.3) is 5.69 Å². The average molecular weight is 271 g/mol. The predicted octanol–water partition coefficient (Wildman–Crippen LogP) is 3.02. The van der Waals surface area contributed by atoms with Gasteiger partial charge in [0.05, 0.1) is 5.69 Å². The molecule has 0 aliphatic rings. The largest absolute Gasteiger partial charge is 0.348 e. The van der Waals surface area contributed by atoms with Crippen molar-refractivity contribution in [1.82, 2.24) is 15.1 Å². The van der Waals surface area contributed by atoms with Crippen molar-refractivity contribution in [2.45, 2.75) is 40.2 Å². The molecule has 2 aromatic rings. The highest BCUT2D eigenvalue weighted by Crippen LogP contribution is 2.13. The fourth-order valence-electron chi connectivity index (χ4n) is 1.93. The van der Waals surface area contributed by atoms with Crippen molar-refractivity contribution in [2.75, 3.05) is 0 Å². The Bertz CT molecular complexity index is 599. The van der Waals surface area contributed by atoms with Crippen LogP contribution in [0.5, 0.6) is 0 Å². The van der Waals surface area contributed by atoms with Gasteiger partial charge in [0.2, 0.25) is 0 Å². The molecule has 1 atom stereocenters. The van der Waals surface area contributed by atoms with E-state index in [9.17, 15) is 4.79 Å². The van der Waals surface area contributed by atoms with E-state index in [0.717, 1.165) is 17.8 Å². The van der Waals surface area contributed by atoms with Gasteiger partial charge >= 0.3 is 0 Å². The summed E-state index contributed by atoms with van der Waals surface area (Å²) in [7, 11) is 0. The second-order valence-electron chi connectivity index (χ2n) is 5.20. The Balaban J connectivity index is 2.25.